The third kappa shape index (κ3) is 2.97. The molecule has 0 aliphatic rings. The maximum atomic E-state index is 4.33. The second kappa shape index (κ2) is 6.10. The zero-order chi connectivity index (χ0) is 14.7. The quantitative estimate of drug-likeness (QED) is 0.691. The van der Waals surface area contributed by atoms with Gasteiger partial charge in [0.2, 0.25) is 0 Å². The van der Waals surface area contributed by atoms with Gasteiger partial charge in [-0.25, -0.2) is 0 Å². The van der Waals surface area contributed by atoms with Gasteiger partial charge in [0, 0.05) is 24.6 Å². The van der Waals surface area contributed by atoms with Crippen molar-refractivity contribution in [1.29, 1.82) is 0 Å². The standard InChI is InChI=1S/C16H16N4S/c1-12-7-3-4-9-14(12)15-18-19-16(20(15)2)21-11-13-8-5-6-10-17-13/h3-10H,11H2,1-2H3. The van der Waals surface area contributed by atoms with E-state index >= 15 is 0 Å². The minimum atomic E-state index is 0.792. The fraction of sp³-hybridized carbons (Fsp3) is 0.188. The van der Waals surface area contributed by atoms with Crippen LogP contribution in [0.15, 0.2) is 53.8 Å². The zero-order valence-electron chi connectivity index (χ0n) is 12.0. The molecule has 0 bridgehead atoms. The van der Waals surface area contributed by atoms with Crippen molar-refractivity contribution >= 4 is 11.8 Å². The van der Waals surface area contributed by atoms with Gasteiger partial charge in [-0.2, -0.15) is 0 Å². The van der Waals surface area contributed by atoms with Gasteiger partial charge in [-0.15, -0.1) is 10.2 Å². The van der Waals surface area contributed by atoms with E-state index < -0.39 is 0 Å². The van der Waals surface area contributed by atoms with Gasteiger partial charge < -0.3 is 4.57 Å². The lowest BCUT2D eigenvalue weighted by molar-refractivity contribution is 0.793. The topological polar surface area (TPSA) is 43.6 Å². The summed E-state index contributed by atoms with van der Waals surface area (Å²) in [6, 6.07) is 14.2. The first kappa shape index (κ1) is 13.8. The lowest BCUT2D eigenvalue weighted by Crippen LogP contribution is -1.96. The van der Waals surface area contributed by atoms with E-state index in [2.05, 4.69) is 34.2 Å². The number of pyridine rings is 1. The van der Waals surface area contributed by atoms with Crippen molar-refractivity contribution in [3.63, 3.8) is 0 Å². The van der Waals surface area contributed by atoms with Crippen molar-refractivity contribution in [2.45, 2.75) is 17.8 Å². The Morgan fingerprint density at radius 3 is 2.62 bits per heavy atom. The molecule has 0 saturated carbocycles. The van der Waals surface area contributed by atoms with E-state index in [-0.39, 0.29) is 0 Å². The molecule has 0 radical (unpaired) electrons. The highest BCUT2D eigenvalue weighted by molar-refractivity contribution is 7.98. The minimum Gasteiger partial charge on any atom is -0.305 e. The summed E-state index contributed by atoms with van der Waals surface area (Å²) in [5, 5.41) is 9.53. The summed E-state index contributed by atoms with van der Waals surface area (Å²) in [7, 11) is 2.00. The highest BCUT2D eigenvalue weighted by atomic mass is 32.2. The van der Waals surface area contributed by atoms with Crippen molar-refractivity contribution < 1.29 is 0 Å². The molecule has 0 spiro atoms. The molecule has 4 nitrogen and oxygen atoms in total. The highest BCUT2D eigenvalue weighted by Gasteiger charge is 2.12. The fourth-order valence-electron chi connectivity index (χ4n) is 2.12. The zero-order valence-corrected chi connectivity index (χ0v) is 12.8. The Labute approximate surface area is 128 Å². The SMILES string of the molecule is Cc1ccccc1-c1nnc(SCc2ccccn2)n1C. The molecule has 0 saturated heterocycles. The van der Waals surface area contributed by atoms with Gasteiger partial charge in [0.25, 0.3) is 0 Å². The van der Waals surface area contributed by atoms with E-state index in [0.29, 0.717) is 0 Å². The molecule has 5 heteroatoms. The fourth-order valence-corrected chi connectivity index (χ4v) is 2.95. The van der Waals surface area contributed by atoms with Gasteiger partial charge in [0.15, 0.2) is 11.0 Å². The molecule has 1 aromatic carbocycles. The molecule has 2 aromatic heterocycles. The highest BCUT2D eigenvalue weighted by Crippen LogP contribution is 2.26. The van der Waals surface area contributed by atoms with Crippen LogP contribution in [-0.4, -0.2) is 19.7 Å². The van der Waals surface area contributed by atoms with Gasteiger partial charge >= 0.3 is 0 Å². The molecule has 3 aromatic rings. The van der Waals surface area contributed by atoms with E-state index in [1.54, 1.807) is 11.8 Å². The van der Waals surface area contributed by atoms with Gasteiger partial charge in [-0.1, -0.05) is 42.1 Å². The number of aryl methyl sites for hydroxylation is 1. The number of hydrogen-bond donors (Lipinski definition) is 0. The van der Waals surface area contributed by atoms with Gasteiger partial charge in [0.1, 0.15) is 0 Å². The molecule has 0 aliphatic carbocycles. The normalized spacial score (nSPS) is 10.8. The molecule has 2 heterocycles. The lowest BCUT2D eigenvalue weighted by Gasteiger charge is -2.06. The Hall–Kier alpha value is -2.14. The van der Waals surface area contributed by atoms with Gasteiger partial charge in [-0.05, 0) is 24.6 Å². The van der Waals surface area contributed by atoms with E-state index in [1.165, 1.54) is 5.56 Å². The van der Waals surface area contributed by atoms with E-state index in [4.69, 9.17) is 0 Å². The largest absolute Gasteiger partial charge is 0.305 e. The molecule has 0 N–H and O–H groups in total. The maximum absolute atomic E-state index is 4.33. The van der Waals surface area contributed by atoms with Crippen molar-refractivity contribution in [2.24, 2.45) is 7.05 Å². The molecule has 0 fully saturated rings. The average Bonchev–Trinajstić information content (AvgIpc) is 2.88. The summed E-state index contributed by atoms with van der Waals surface area (Å²) >= 11 is 1.65. The summed E-state index contributed by atoms with van der Waals surface area (Å²) in [4.78, 5) is 4.32. The van der Waals surface area contributed by atoms with Crippen molar-refractivity contribution in [1.82, 2.24) is 19.7 Å². The Balaban J connectivity index is 1.82. The summed E-state index contributed by atoms with van der Waals surface area (Å²) in [6.07, 6.45) is 1.81. The number of rotatable bonds is 4. The van der Waals surface area contributed by atoms with E-state index in [9.17, 15) is 0 Å². The van der Waals surface area contributed by atoms with Crippen LogP contribution in [0.3, 0.4) is 0 Å². The number of nitrogens with zero attached hydrogens (tertiary/aromatic N) is 4. The van der Waals surface area contributed by atoms with Crippen molar-refractivity contribution in [3.05, 3.63) is 59.9 Å². The summed E-state index contributed by atoms with van der Waals surface area (Å²) in [5.74, 6) is 1.69. The Kier molecular flexibility index (Phi) is 4.01. The van der Waals surface area contributed by atoms with Crippen LogP contribution in [-0.2, 0) is 12.8 Å². The smallest absolute Gasteiger partial charge is 0.191 e. The molecule has 0 atom stereocenters. The number of aromatic nitrogens is 4. The Bertz CT molecular complexity index is 737. The van der Waals surface area contributed by atoms with Crippen LogP contribution in [0.4, 0.5) is 0 Å². The monoisotopic (exact) mass is 296 g/mol. The van der Waals surface area contributed by atoms with Crippen LogP contribution < -0.4 is 0 Å². The van der Waals surface area contributed by atoms with Crippen LogP contribution in [0, 0.1) is 6.92 Å². The maximum Gasteiger partial charge on any atom is 0.191 e. The van der Waals surface area contributed by atoms with Crippen molar-refractivity contribution in [2.75, 3.05) is 0 Å². The van der Waals surface area contributed by atoms with Crippen LogP contribution in [0.2, 0.25) is 0 Å². The van der Waals surface area contributed by atoms with Crippen LogP contribution in [0.25, 0.3) is 11.4 Å². The third-order valence-corrected chi connectivity index (χ3v) is 4.35. The Morgan fingerprint density at radius 2 is 1.86 bits per heavy atom. The molecule has 106 valence electrons. The second-order valence-corrected chi connectivity index (χ2v) is 5.73. The third-order valence-electron chi connectivity index (χ3n) is 3.30. The molecular weight excluding hydrogens is 280 g/mol. The summed E-state index contributed by atoms with van der Waals surface area (Å²) in [6.45, 7) is 2.09. The van der Waals surface area contributed by atoms with Crippen LogP contribution in [0.1, 0.15) is 11.3 Å². The minimum absolute atomic E-state index is 0.792. The summed E-state index contributed by atoms with van der Waals surface area (Å²) < 4.78 is 2.04. The Morgan fingerprint density at radius 1 is 1.05 bits per heavy atom. The molecule has 0 unspecified atom stereocenters. The molecule has 21 heavy (non-hydrogen) atoms. The van der Waals surface area contributed by atoms with Crippen LogP contribution in [0.5, 0.6) is 0 Å². The second-order valence-electron chi connectivity index (χ2n) is 4.79. The number of benzene rings is 1. The molecular formula is C16H16N4S. The molecule has 3 rings (SSSR count). The molecule has 0 aliphatic heterocycles. The lowest BCUT2D eigenvalue weighted by atomic mass is 10.1. The average molecular weight is 296 g/mol. The van der Waals surface area contributed by atoms with E-state index in [1.807, 2.05) is 48.1 Å². The number of hydrogen-bond acceptors (Lipinski definition) is 4. The summed E-state index contributed by atoms with van der Waals surface area (Å²) in [5.41, 5.74) is 3.37. The van der Waals surface area contributed by atoms with Crippen molar-refractivity contribution in [3.8, 4) is 11.4 Å². The first-order valence-corrected chi connectivity index (χ1v) is 7.72. The predicted molar refractivity (Wildman–Crippen MR) is 85.0 cm³/mol. The first-order valence-electron chi connectivity index (χ1n) is 6.74. The van der Waals surface area contributed by atoms with Crippen LogP contribution >= 0.6 is 11.8 Å². The predicted octanol–water partition coefficient (Wildman–Crippen LogP) is 3.48. The number of thioether (sulfide) groups is 1. The molecule has 0 amide bonds. The first-order chi connectivity index (χ1) is 10.3. The van der Waals surface area contributed by atoms with Gasteiger partial charge in [-0.3, -0.25) is 4.98 Å². The van der Waals surface area contributed by atoms with E-state index in [0.717, 1.165) is 28.0 Å². The van der Waals surface area contributed by atoms with Gasteiger partial charge in [0.05, 0.1) is 5.69 Å².